The zero-order valence-corrected chi connectivity index (χ0v) is 8.67. The number of halogens is 1. The summed E-state index contributed by atoms with van der Waals surface area (Å²) in [6, 6.07) is 1.84. The van der Waals surface area contributed by atoms with E-state index in [4.69, 9.17) is 11.6 Å². The van der Waals surface area contributed by atoms with Crippen LogP contribution in [0.1, 0.15) is 17.3 Å². The Morgan fingerprint density at radius 1 is 1.57 bits per heavy atom. The van der Waals surface area contributed by atoms with Crippen LogP contribution in [0.15, 0.2) is 18.5 Å². The van der Waals surface area contributed by atoms with Crippen LogP contribution in [0.2, 0.25) is 5.15 Å². The number of fused-ring (bicyclic) bond motifs is 1. The summed E-state index contributed by atoms with van der Waals surface area (Å²) in [6.07, 6.45) is 3.41. The van der Waals surface area contributed by atoms with Crippen molar-refractivity contribution < 1.29 is 4.79 Å². The maximum absolute atomic E-state index is 11.3. The normalized spacial score (nSPS) is 10.8. The van der Waals surface area contributed by atoms with Gasteiger partial charge in [0, 0.05) is 30.4 Å². The Hall–Kier alpha value is -1.35. The van der Waals surface area contributed by atoms with Crippen LogP contribution in [0.3, 0.4) is 0 Å². The van der Waals surface area contributed by atoms with Crippen molar-refractivity contribution in [3.63, 3.8) is 0 Å². The van der Waals surface area contributed by atoms with E-state index in [-0.39, 0.29) is 5.78 Å². The van der Waals surface area contributed by atoms with Gasteiger partial charge in [0.05, 0.1) is 5.52 Å². The van der Waals surface area contributed by atoms with E-state index in [2.05, 4.69) is 4.98 Å². The second-order valence-electron chi connectivity index (χ2n) is 3.21. The van der Waals surface area contributed by atoms with Gasteiger partial charge in [-0.05, 0) is 13.0 Å². The molecule has 72 valence electrons. The third-order valence-corrected chi connectivity index (χ3v) is 2.52. The van der Waals surface area contributed by atoms with Crippen LogP contribution in [0.5, 0.6) is 0 Å². The molecule has 0 saturated heterocycles. The average molecular weight is 209 g/mol. The predicted octanol–water partition coefficient (Wildman–Crippen LogP) is 2.43. The number of hydrogen-bond donors (Lipinski definition) is 0. The molecule has 0 N–H and O–H groups in total. The SMILES string of the molecule is CC(=O)c1cn(C)c2ccnc(Cl)c12. The van der Waals surface area contributed by atoms with Gasteiger partial charge in [-0.25, -0.2) is 4.98 Å². The molecule has 4 heteroatoms. The van der Waals surface area contributed by atoms with Crippen molar-refractivity contribution in [3.8, 4) is 0 Å². The molecule has 0 spiro atoms. The lowest BCUT2D eigenvalue weighted by molar-refractivity contribution is 0.101. The molecule has 0 aliphatic rings. The zero-order chi connectivity index (χ0) is 10.3. The molecule has 0 unspecified atom stereocenters. The van der Waals surface area contributed by atoms with Crippen LogP contribution in [0, 0.1) is 0 Å². The van der Waals surface area contributed by atoms with E-state index in [1.54, 1.807) is 12.4 Å². The lowest BCUT2D eigenvalue weighted by Gasteiger charge is -1.96. The van der Waals surface area contributed by atoms with Crippen LogP contribution in [0.25, 0.3) is 10.9 Å². The van der Waals surface area contributed by atoms with Crippen molar-refractivity contribution in [1.82, 2.24) is 9.55 Å². The van der Waals surface area contributed by atoms with Crippen LogP contribution in [0.4, 0.5) is 0 Å². The quantitative estimate of drug-likeness (QED) is 0.533. The number of aryl methyl sites for hydroxylation is 1. The van der Waals surface area contributed by atoms with Crippen molar-refractivity contribution in [2.45, 2.75) is 6.92 Å². The first-order valence-corrected chi connectivity index (χ1v) is 4.59. The fourth-order valence-corrected chi connectivity index (χ4v) is 1.82. The van der Waals surface area contributed by atoms with E-state index in [0.717, 1.165) is 10.9 Å². The topological polar surface area (TPSA) is 34.9 Å². The molecule has 0 bridgehead atoms. The van der Waals surface area contributed by atoms with Gasteiger partial charge in [0.15, 0.2) is 5.78 Å². The van der Waals surface area contributed by atoms with Crippen molar-refractivity contribution in [3.05, 3.63) is 29.2 Å². The maximum Gasteiger partial charge on any atom is 0.162 e. The standard InChI is InChI=1S/C10H9ClN2O/c1-6(14)7-5-13(2)8-3-4-12-10(11)9(7)8/h3-5H,1-2H3. The molecule has 0 saturated carbocycles. The van der Waals surface area contributed by atoms with Crippen LogP contribution in [-0.2, 0) is 7.05 Å². The van der Waals surface area contributed by atoms with Gasteiger partial charge in [0.25, 0.3) is 0 Å². The largest absolute Gasteiger partial charge is 0.350 e. The van der Waals surface area contributed by atoms with Gasteiger partial charge in [-0.2, -0.15) is 0 Å². The highest BCUT2D eigenvalue weighted by Gasteiger charge is 2.13. The minimum atomic E-state index is 0.00509. The van der Waals surface area contributed by atoms with Gasteiger partial charge in [-0.1, -0.05) is 11.6 Å². The Kier molecular flexibility index (Phi) is 2.04. The molecule has 0 fully saturated rings. The molecule has 2 rings (SSSR count). The van der Waals surface area contributed by atoms with Gasteiger partial charge in [-0.15, -0.1) is 0 Å². The molecule has 0 atom stereocenters. The molecule has 2 heterocycles. The first kappa shape index (κ1) is 9.21. The Bertz CT molecular complexity index is 516. The number of aromatic nitrogens is 2. The van der Waals surface area contributed by atoms with Crippen molar-refractivity contribution in [2.24, 2.45) is 7.05 Å². The molecule has 0 aliphatic carbocycles. The highest BCUT2D eigenvalue weighted by molar-refractivity contribution is 6.35. The van der Waals surface area contributed by atoms with Crippen molar-refractivity contribution in [2.75, 3.05) is 0 Å². The first-order valence-electron chi connectivity index (χ1n) is 4.21. The Labute approximate surface area is 86.3 Å². The Morgan fingerprint density at radius 2 is 2.29 bits per heavy atom. The minimum Gasteiger partial charge on any atom is -0.350 e. The predicted molar refractivity (Wildman–Crippen MR) is 55.7 cm³/mol. The van der Waals surface area contributed by atoms with E-state index in [1.807, 2.05) is 17.7 Å². The van der Waals surface area contributed by atoms with Gasteiger partial charge < -0.3 is 4.57 Å². The summed E-state index contributed by atoms with van der Waals surface area (Å²) in [7, 11) is 1.88. The number of rotatable bonds is 1. The highest BCUT2D eigenvalue weighted by Crippen LogP contribution is 2.26. The van der Waals surface area contributed by atoms with E-state index in [1.165, 1.54) is 6.92 Å². The molecule has 14 heavy (non-hydrogen) atoms. The van der Waals surface area contributed by atoms with E-state index in [9.17, 15) is 4.79 Å². The van der Waals surface area contributed by atoms with Crippen molar-refractivity contribution in [1.29, 1.82) is 0 Å². The number of carbonyl (C=O) groups excluding carboxylic acids is 1. The molecule has 0 aromatic carbocycles. The lowest BCUT2D eigenvalue weighted by Crippen LogP contribution is -1.90. The summed E-state index contributed by atoms with van der Waals surface area (Å²) < 4.78 is 1.87. The van der Waals surface area contributed by atoms with Crippen LogP contribution < -0.4 is 0 Å². The molecular formula is C10H9ClN2O. The van der Waals surface area contributed by atoms with Crippen LogP contribution in [-0.4, -0.2) is 15.3 Å². The van der Waals surface area contributed by atoms with Gasteiger partial charge in [0.1, 0.15) is 5.15 Å². The van der Waals surface area contributed by atoms with Gasteiger partial charge in [0.2, 0.25) is 0 Å². The number of Topliss-reactive ketones (excluding diaryl/α,β-unsaturated/α-hetero) is 1. The second kappa shape index (κ2) is 3.10. The fraction of sp³-hybridized carbons (Fsp3) is 0.200. The second-order valence-corrected chi connectivity index (χ2v) is 3.56. The highest BCUT2D eigenvalue weighted by atomic mass is 35.5. The first-order chi connectivity index (χ1) is 6.61. The zero-order valence-electron chi connectivity index (χ0n) is 7.91. The van der Waals surface area contributed by atoms with Crippen LogP contribution >= 0.6 is 11.6 Å². The summed E-state index contributed by atoms with van der Waals surface area (Å²) in [5.74, 6) is 0.00509. The number of nitrogens with zero attached hydrogens (tertiary/aromatic N) is 2. The average Bonchev–Trinajstić information content (AvgIpc) is 2.46. The minimum absolute atomic E-state index is 0.00509. The molecule has 0 amide bonds. The lowest BCUT2D eigenvalue weighted by atomic mass is 10.1. The smallest absolute Gasteiger partial charge is 0.162 e. The van der Waals surface area contributed by atoms with Gasteiger partial charge >= 0.3 is 0 Å². The monoisotopic (exact) mass is 208 g/mol. The Morgan fingerprint density at radius 3 is 2.93 bits per heavy atom. The molecular weight excluding hydrogens is 200 g/mol. The molecule has 2 aromatic heterocycles. The summed E-state index contributed by atoms with van der Waals surface area (Å²) in [4.78, 5) is 15.3. The summed E-state index contributed by atoms with van der Waals surface area (Å²) >= 11 is 5.94. The van der Waals surface area contributed by atoms with Crippen molar-refractivity contribution >= 4 is 28.3 Å². The number of hydrogen-bond acceptors (Lipinski definition) is 2. The van der Waals surface area contributed by atoms with E-state index >= 15 is 0 Å². The fourth-order valence-electron chi connectivity index (χ4n) is 1.56. The number of pyridine rings is 1. The molecule has 2 aromatic rings. The molecule has 0 radical (unpaired) electrons. The summed E-state index contributed by atoms with van der Waals surface area (Å²) in [5, 5.41) is 1.12. The third kappa shape index (κ3) is 1.21. The van der Waals surface area contributed by atoms with E-state index < -0.39 is 0 Å². The third-order valence-electron chi connectivity index (χ3n) is 2.23. The maximum atomic E-state index is 11.3. The van der Waals surface area contributed by atoms with Gasteiger partial charge in [-0.3, -0.25) is 4.79 Å². The molecule has 3 nitrogen and oxygen atoms in total. The Balaban J connectivity index is 2.93. The number of carbonyl (C=O) groups is 1. The van der Waals surface area contributed by atoms with E-state index in [0.29, 0.717) is 10.7 Å². The summed E-state index contributed by atoms with van der Waals surface area (Å²) in [5.41, 5.74) is 1.55. The number of ketones is 1. The summed E-state index contributed by atoms with van der Waals surface area (Å²) in [6.45, 7) is 1.53. The molecule has 0 aliphatic heterocycles.